The van der Waals surface area contributed by atoms with Crippen LogP contribution in [-0.4, -0.2) is 37.2 Å². The molecule has 1 aromatic rings. The molecule has 2 heteroatoms. The van der Waals surface area contributed by atoms with Crippen LogP contribution >= 0.6 is 0 Å². The zero-order chi connectivity index (χ0) is 11.2. The van der Waals surface area contributed by atoms with Crippen molar-refractivity contribution in [2.45, 2.75) is 18.9 Å². The molecule has 1 aliphatic carbocycles. The number of rotatable bonds is 1. The fourth-order valence-corrected chi connectivity index (χ4v) is 3.82. The van der Waals surface area contributed by atoms with Crippen molar-refractivity contribution in [2.75, 3.05) is 26.3 Å². The van der Waals surface area contributed by atoms with Crippen molar-refractivity contribution >= 4 is 0 Å². The van der Waals surface area contributed by atoms with Gasteiger partial charge in [0.15, 0.2) is 0 Å². The molecule has 0 amide bonds. The maximum absolute atomic E-state index is 5.56. The van der Waals surface area contributed by atoms with Crippen LogP contribution < -0.4 is 0 Å². The molecule has 0 aromatic heterocycles. The summed E-state index contributed by atoms with van der Waals surface area (Å²) in [5.74, 6) is 1.64. The molecule has 4 rings (SSSR count). The van der Waals surface area contributed by atoms with Crippen molar-refractivity contribution in [3.8, 4) is 0 Å². The predicted molar refractivity (Wildman–Crippen MR) is 67.0 cm³/mol. The molecule has 2 nitrogen and oxygen atoms in total. The Morgan fingerprint density at radius 2 is 1.53 bits per heavy atom. The first-order valence-electron chi connectivity index (χ1n) is 6.79. The molecule has 0 N–H and O–H groups in total. The van der Waals surface area contributed by atoms with Gasteiger partial charge in [-0.25, -0.2) is 0 Å². The lowest BCUT2D eigenvalue weighted by Crippen LogP contribution is -2.35. The van der Waals surface area contributed by atoms with Gasteiger partial charge in [-0.1, -0.05) is 24.3 Å². The molecule has 1 unspecified atom stereocenters. The molecule has 2 fully saturated rings. The lowest BCUT2D eigenvalue weighted by molar-refractivity contribution is 0.140. The summed E-state index contributed by atoms with van der Waals surface area (Å²) in [6, 6.07) is 9.71. The molecule has 0 bridgehead atoms. The minimum Gasteiger partial charge on any atom is -0.381 e. The van der Waals surface area contributed by atoms with E-state index >= 15 is 0 Å². The molecule has 2 saturated heterocycles. The van der Waals surface area contributed by atoms with Crippen molar-refractivity contribution in [3.05, 3.63) is 35.4 Å². The summed E-state index contributed by atoms with van der Waals surface area (Å²) in [5, 5.41) is 0. The molecule has 90 valence electrons. The molecule has 0 spiro atoms. The first kappa shape index (κ1) is 10.1. The summed E-state index contributed by atoms with van der Waals surface area (Å²) in [6.45, 7) is 4.54. The smallest absolute Gasteiger partial charge is 0.0510 e. The highest BCUT2D eigenvalue weighted by Gasteiger charge is 2.40. The van der Waals surface area contributed by atoms with Crippen LogP contribution in [0.25, 0.3) is 0 Å². The van der Waals surface area contributed by atoms with Crippen molar-refractivity contribution in [1.82, 2.24) is 4.90 Å². The number of benzene rings is 1. The third-order valence-corrected chi connectivity index (χ3v) is 4.81. The van der Waals surface area contributed by atoms with Gasteiger partial charge in [0.1, 0.15) is 0 Å². The number of hydrogen-bond donors (Lipinski definition) is 0. The largest absolute Gasteiger partial charge is 0.381 e. The Hall–Kier alpha value is -0.860. The van der Waals surface area contributed by atoms with E-state index in [1.807, 2.05) is 0 Å². The van der Waals surface area contributed by atoms with Gasteiger partial charge in [0.2, 0.25) is 0 Å². The van der Waals surface area contributed by atoms with Crippen LogP contribution in [0.15, 0.2) is 24.3 Å². The van der Waals surface area contributed by atoms with E-state index in [4.69, 9.17) is 4.74 Å². The quantitative estimate of drug-likeness (QED) is 0.727. The first-order valence-corrected chi connectivity index (χ1v) is 6.79. The van der Waals surface area contributed by atoms with Gasteiger partial charge in [0.05, 0.1) is 13.2 Å². The highest BCUT2D eigenvalue weighted by atomic mass is 16.5. The average Bonchev–Trinajstić information content (AvgIpc) is 3.01. The number of ether oxygens (including phenoxy) is 1. The Morgan fingerprint density at radius 1 is 0.941 bits per heavy atom. The summed E-state index contributed by atoms with van der Waals surface area (Å²) >= 11 is 0. The maximum atomic E-state index is 5.56. The van der Waals surface area contributed by atoms with E-state index in [1.165, 1.54) is 25.9 Å². The second kappa shape index (κ2) is 3.82. The van der Waals surface area contributed by atoms with Gasteiger partial charge in [-0.15, -0.1) is 0 Å². The molecule has 2 atom stereocenters. The fraction of sp³-hybridized carbons (Fsp3) is 0.600. The summed E-state index contributed by atoms with van der Waals surface area (Å²) in [5.41, 5.74) is 3.15. The molecule has 2 aliphatic heterocycles. The zero-order valence-electron chi connectivity index (χ0n) is 10.1. The first-order chi connectivity index (χ1) is 8.40. The molecular weight excluding hydrogens is 210 g/mol. The van der Waals surface area contributed by atoms with Crippen LogP contribution in [0, 0.1) is 11.8 Å². The monoisotopic (exact) mass is 229 g/mol. The van der Waals surface area contributed by atoms with Crippen LogP contribution in [0.4, 0.5) is 0 Å². The number of nitrogens with zero attached hydrogens (tertiary/aromatic N) is 1. The molecule has 1 aromatic carbocycles. The maximum Gasteiger partial charge on any atom is 0.0510 e. The highest BCUT2D eigenvalue weighted by Crippen LogP contribution is 2.34. The standard InChI is InChI=1S/C15H19NO/c1-2-4-12-6-15(5-11(12)3-1)16-7-13-9-17-10-14(13)8-16/h1-4,13-15H,5-10H2/t13-,14?/m1/s1. The Kier molecular flexibility index (Phi) is 2.27. The van der Waals surface area contributed by atoms with E-state index < -0.39 is 0 Å². The van der Waals surface area contributed by atoms with E-state index in [0.717, 1.165) is 31.1 Å². The van der Waals surface area contributed by atoms with E-state index in [-0.39, 0.29) is 0 Å². The van der Waals surface area contributed by atoms with Crippen molar-refractivity contribution < 1.29 is 4.74 Å². The number of hydrogen-bond acceptors (Lipinski definition) is 2. The van der Waals surface area contributed by atoms with Crippen LogP contribution in [0.2, 0.25) is 0 Å². The lowest BCUT2D eigenvalue weighted by atomic mass is 10.0. The van der Waals surface area contributed by atoms with Gasteiger partial charge in [-0.2, -0.15) is 0 Å². The molecule has 2 heterocycles. The Bertz CT molecular complexity index is 394. The summed E-state index contributed by atoms with van der Waals surface area (Å²) < 4.78 is 5.56. The van der Waals surface area contributed by atoms with Crippen molar-refractivity contribution in [2.24, 2.45) is 11.8 Å². The molecule has 3 aliphatic rings. The van der Waals surface area contributed by atoms with Crippen LogP contribution in [0.3, 0.4) is 0 Å². The average molecular weight is 229 g/mol. The van der Waals surface area contributed by atoms with Crippen molar-refractivity contribution in [3.63, 3.8) is 0 Å². The Morgan fingerprint density at radius 3 is 2.12 bits per heavy atom. The van der Waals surface area contributed by atoms with Gasteiger partial charge in [-0.05, 0) is 24.0 Å². The van der Waals surface area contributed by atoms with Gasteiger partial charge in [-0.3, -0.25) is 4.90 Å². The van der Waals surface area contributed by atoms with E-state index in [1.54, 1.807) is 11.1 Å². The number of likely N-dealkylation sites (tertiary alicyclic amines) is 1. The van der Waals surface area contributed by atoms with Crippen LogP contribution in [0.5, 0.6) is 0 Å². The van der Waals surface area contributed by atoms with Gasteiger partial charge < -0.3 is 4.74 Å². The van der Waals surface area contributed by atoms with Crippen molar-refractivity contribution in [1.29, 1.82) is 0 Å². The third kappa shape index (κ3) is 1.62. The van der Waals surface area contributed by atoms with Gasteiger partial charge in [0.25, 0.3) is 0 Å². The fourth-order valence-electron chi connectivity index (χ4n) is 3.82. The second-order valence-corrected chi connectivity index (χ2v) is 5.84. The minimum atomic E-state index is 0.762. The Labute approximate surface area is 103 Å². The summed E-state index contributed by atoms with van der Waals surface area (Å²) in [6.07, 6.45) is 2.52. The summed E-state index contributed by atoms with van der Waals surface area (Å²) in [4.78, 5) is 2.72. The molecule has 0 radical (unpaired) electrons. The second-order valence-electron chi connectivity index (χ2n) is 5.84. The lowest BCUT2D eigenvalue weighted by Gasteiger charge is -2.24. The van der Waals surface area contributed by atoms with E-state index in [0.29, 0.717) is 0 Å². The molecular formula is C15H19NO. The van der Waals surface area contributed by atoms with E-state index in [2.05, 4.69) is 29.2 Å². The SMILES string of the molecule is c1ccc2c(c1)CC(N1CC3COC[C@H]3C1)C2. The molecule has 0 saturated carbocycles. The predicted octanol–water partition coefficient (Wildman–Crippen LogP) is 1.73. The van der Waals surface area contributed by atoms with Crippen LogP contribution in [0.1, 0.15) is 11.1 Å². The molecule has 17 heavy (non-hydrogen) atoms. The minimum absolute atomic E-state index is 0.762. The van der Waals surface area contributed by atoms with Gasteiger partial charge >= 0.3 is 0 Å². The zero-order valence-corrected chi connectivity index (χ0v) is 10.1. The third-order valence-electron chi connectivity index (χ3n) is 4.81. The van der Waals surface area contributed by atoms with E-state index in [9.17, 15) is 0 Å². The van der Waals surface area contributed by atoms with Crippen LogP contribution in [-0.2, 0) is 17.6 Å². The number of fused-ring (bicyclic) bond motifs is 2. The topological polar surface area (TPSA) is 12.5 Å². The highest BCUT2D eigenvalue weighted by molar-refractivity contribution is 5.33. The Balaban J connectivity index is 1.49. The van der Waals surface area contributed by atoms with Gasteiger partial charge in [0, 0.05) is 31.0 Å². The normalized spacial score (nSPS) is 32.9. The summed E-state index contributed by atoms with van der Waals surface area (Å²) in [7, 11) is 0.